The number of pyridine rings is 1. The molecule has 0 atom stereocenters. The number of nitrogens with one attached hydrogen (secondary N) is 2. The molecule has 2 aromatic rings. The van der Waals surface area contributed by atoms with Gasteiger partial charge in [0.2, 0.25) is 0 Å². The molecule has 5 heteroatoms. The number of aromatic amines is 1. The summed E-state index contributed by atoms with van der Waals surface area (Å²) in [7, 11) is 0. The number of phenols is 1. The van der Waals surface area contributed by atoms with E-state index in [0.29, 0.717) is 17.1 Å². The van der Waals surface area contributed by atoms with E-state index in [-0.39, 0.29) is 10.8 Å². The molecule has 3 N–H and O–H groups in total. The van der Waals surface area contributed by atoms with Gasteiger partial charge in [-0.15, -0.1) is 0 Å². The van der Waals surface area contributed by atoms with Gasteiger partial charge in [-0.3, -0.25) is 5.32 Å². The first-order valence-corrected chi connectivity index (χ1v) is 6.21. The number of H-pyrrole nitrogens is 1. The van der Waals surface area contributed by atoms with Crippen molar-refractivity contribution in [2.75, 3.05) is 5.32 Å². The number of aromatic hydroxyl groups is 1. The number of halogens is 2. The molecule has 3 nitrogen and oxygen atoms in total. The lowest BCUT2D eigenvalue weighted by atomic mass is 10.2. The van der Waals surface area contributed by atoms with E-state index in [0.717, 1.165) is 11.4 Å². The zero-order valence-electron chi connectivity index (χ0n) is 9.80. The van der Waals surface area contributed by atoms with Crippen molar-refractivity contribution in [3.05, 3.63) is 51.6 Å². The summed E-state index contributed by atoms with van der Waals surface area (Å²) in [5, 5.41) is 13.7. The zero-order valence-corrected chi connectivity index (χ0v) is 11.3. The number of aromatic nitrogens is 1. The SMILES string of the molecule is Cc1cc[nH+]c(NCc2cc(Cl)cc(Cl)c2O)c1. The third-order valence-corrected chi connectivity index (χ3v) is 3.04. The number of benzene rings is 1. The summed E-state index contributed by atoms with van der Waals surface area (Å²) in [4.78, 5) is 3.07. The highest BCUT2D eigenvalue weighted by Gasteiger charge is 2.10. The lowest BCUT2D eigenvalue weighted by molar-refractivity contribution is -0.361. The molecule has 0 saturated heterocycles. The number of hydrogen-bond donors (Lipinski definition) is 2. The molecule has 0 amide bonds. The second-order valence-electron chi connectivity index (χ2n) is 4.03. The molecule has 1 aromatic carbocycles. The van der Waals surface area contributed by atoms with Crippen LogP contribution in [0.15, 0.2) is 30.5 Å². The summed E-state index contributed by atoms with van der Waals surface area (Å²) in [6, 6.07) is 7.15. The minimum absolute atomic E-state index is 0.0567. The van der Waals surface area contributed by atoms with Gasteiger partial charge >= 0.3 is 0 Å². The maximum absolute atomic E-state index is 9.81. The summed E-state index contributed by atoms with van der Waals surface area (Å²) in [5.74, 6) is 0.923. The van der Waals surface area contributed by atoms with Crippen LogP contribution >= 0.6 is 23.2 Å². The summed E-state index contributed by atoms with van der Waals surface area (Å²) >= 11 is 11.8. The molecule has 0 radical (unpaired) electrons. The average Bonchev–Trinajstić information content (AvgIpc) is 2.32. The minimum Gasteiger partial charge on any atom is -0.506 e. The summed E-state index contributed by atoms with van der Waals surface area (Å²) in [6.07, 6.45) is 1.85. The van der Waals surface area contributed by atoms with E-state index in [4.69, 9.17) is 23.2 Å². The van der Waals surface area contributed by atoms with Crippen LogP contribution in [0.1, 0.15) is 11.1 Å². The molecule has 1 heterocycles. The Bertz CT molecular complexity index is 573. The summed E-state index contributed by atoms with van der Waals surface area (Å²) in [6.45, 7) is 2.44. The molecule has 0 fully saturated rings. The van der Waals surface area contributed by atoms with Crippen molar-refractivity contribution in [3.63, 3.8) is 0 Å². The number of anilines is 1. The Kier molecular flexibility index (Phi) is 3.94. The Balaban J connectivity index is 2.15. The Morgan fingerprint density at radius 1 is 1.28 bits per heavy atom. The van der Waals surface area contributed by atoms with Crippen LogP contribution in [0.5, 0.6) is 5.75 Å². The van der Waals surface area contributed by atoms with Gasteiger partial charge in [-0.05, 0) is 30.7 Å². The highest BCUT2D eigenvalue weighted by Crippen LogP contribution is 2.31. The van der Waals surface area contributed by atoms with Gasteiger partial charge in [0.25, 0.3) is 5.82 Å². The van der Waals surface area contributed by atoms with Crippen LogP contribution in [0.3, 0.4) is 0 Å². The lowest BCUT2D eigenvalue weighted by Gasteiger charge is -2.05. The molecule has 1 aromatic heterocycles. The summed E-state index contributed by atoms with van der Waals surface area (Å²) in [5.41, 5.74) is 1.80. The molecule has 18 heavy (non-hydrogen) atoms. The first-order valence-electron chi connectivity index (χ1n) is 5.45. The summed E-state index contributed by atoms with van der Waals surface area (Å²) < 4.78 is 0. The zero-order chi connectivity index (χ0) is 13.1. The van der Waals surface area contributed by atoms with Crippen LogP contribution in [-0.4, -0.2) is 5.11 Å². The van der Waals surface area contributed by atoms with Gasteiger partial charge in [-0.1, -0.05) is 23.2 Å². The van der Waals surface area contributed by atoms with Crippen LogP contribution in [0, 0.1) is 6.92 Å². The van der Waals surface area contributed by atoms with Gasteiger partial charge in [0.05, 0.1) is 11.2 Å². The van der Waals surface area contributed by atoms with Gasteiger partial charge in [-0.2, -0.15) is 0 Å². The standard InChI is InChI=1S/C13H12Cl2N2O/c1-8-2-3-16-12(4-8)17-7-9-5-10(14)6-11(15)13(9)18/h2-6,18H,7H2,1H3,(H,16,17)/p+1. The third-order valence-electron chi connectivity index (χ3n) is 2.53. The van der Waals surface area contributed by atoms with Crippen LogP contribution < -0.4 is 10.3 Å². The predicted molar refractivity (Wildman–Crippen MR) is 73.2 cm³/mol. The number of rotatable bonds is 3. The van der Waals surface area contributed by atoms with Crippen molar-refractivity contribution in [3.8, 4) is 5.75 Å². The van der Waals surface area contributed by atoms with Crippen LogP contribution in [0.2, 0.25) is 10.0 Å². The first-order chi connectivity index (χ1) is 8.56. The van der Waals surface area contributed by atoms with E-state index in [1.807, 2.05) is 25.3 Å². The second-order valence-corrected chi connectivity index (χ2v) is 4.87. The fourth-order valence-corrected chi connectivity index (χ4v) is 2.16. The molecular formula is C13H13Cl2N2O+. The molecule has 0 aliphatic carbocycles. The van der Waals surface area contributed by atoms with E-state index < -0.39 is 0 Å². The number of hydrogen-bond acceptors (Lipinski definition) is 2. The van der Waals surface area contributed by atoms with E-state index in [2.05, 4.69) is 10.3 Å². The maximum atomic E-state index is 9.81. The Morgan fingerprint density at radius 2 is 2.06 bits per heavy atom. The third kappa shape index (κ3) is 3.06. The molecule has 2 rings (SSSR count). The highest BCUT2D eigenvalue weighted by molar-refractivity contribution is 6.35. The van der Waals surface area contributed by atoms with E-state index in [9.17, 15) is 5.11 Å². The molecule has 0 aliphatic rings. The van der Waals surface area contributed by atoms with Gasteiger partial charge < -0.3 is 5.11 Å². The van der Waals surface area contributed by atoms with E-state index in [1.165, 1.54) is 6.07 Å². The Hall–Kier alpha value is -1.45. The minimum atomic E-state index is 0.0567. The first kappa shape index (κ1) is 13.0. The number of phenolic OH excluding ortho intramolecular Hbond substituents is 1. The lowest BCUT2D eigenvalue weighted by Crippen LogP contribution is -2.12. The fraction of sp³-hybridized carbons (Fsp3) is 0.154. The molecule has 0 spiro atoms. The van der Waals surface area contributed by atoms with E-state index >= 15 is 0 Å². The van der Waals surface area contributed by atoms with Gasteiger partial charge in [0.1, 0.15) is 12.3 Å². The van der Waals surface area contributed by atoms with Gasteiger partial charge in [-0.25, -0.2) is 4.98 Å². The maximum Gasteiger partial charge on any atom is 0.272 e. The van der Waals surface area contributed by atoms with Crippen molar-refractivity contribution in [1.29, 1.82) is 0 Å². The molecular weight excluding hydrogens is 271 g/mol. The van der Waals surface area contributed by atoms with Crippen LogP contribution in [0.25, 0.3) is 0 Å². The predicted octanol–water partition coefficient (Wildman–Crippen LogP) is 3.43. The highest BCUT2D eigenvalue weighted by atomic mass is 35.5. The monoisotopic (exact) mass is 283 g/mol. The quantitative estimate of drug-likeness (QED) is 0.907. The van der Waals surface area contributed by atoms with Crippen molar-refractivity contribution < 1.29 is 10.1 Å². The van der Waals surface area contributed by atoms with Crippen LogP contribution in [0.4, 0.5) is 5.82 Å². The molecule has 0 aliphatic heterocycles. The van der Waals surface area contributed by atoms with Crippen molar-refractivity contribution in [1.82, 2.24) is 0 Å². The van der Waals surface area contributed by atoms with Gasteiger partial charge in [0.15, 0.2) is 0 Å². The topological polar surface area (TPSA) is 46.4 Å². The van der Waals surface area contributed by atoms with Crippen LogP contribution in [-0.2, 0) is 6.54 Å². The largest absolute Gasteiger partial charge is 0.506 e. The van der Waals surface area contributed by atoms with Crippen molar-refractivity contribution in [2.24, 2.45) is 0 Å². The average molecular weight is 284 g/mol. The molecule has 94 valence electrons. The van der Waals surface area contributed by atoms with Crippen molar-refractivity contribution >= 4 is 29.0 Å². The molecule has 0 unspecified atom stereocenters. The smallest absolute Gasteiger partial charge is 0.272 e. The number of aryl methyl sites for hydroxylation is 1. The van der Waals surface area contributed by atoms with Crippen molar-refractivity contribution in [2.45, 2.75) is 13.5 Å². The van der Waals surface area contributed by atoms with Gasteiger partial charge in [0, 0.05) is 16.7 Å². The Labute approximate surface area is 115 Å². The second kappa shape index (κ2) is 5.46. The molecule has 0 bridgehead atoms. The van der Waals surface area contributed by atoms with E-state index in [1.54, 1.807) is 6.07 Å². The fourth-order valence-electron chi connectivity index (χ4n) is 1.63. The normalized spacial score (nSPS) is 10.4. The Morgan fingerprint density at radius 3 is 2.78 bits per heavy atom. The molecule has 0 saturated carbocycles.